The second kappa shape index (κ2) is 11.2. The van der Waals surface area contributed by atoms with Crippen LogP contribution >= 0.6 is 23.2 Å². The number of carbonyl (C=O) groups is 2. The Bertz CT molecular complexity index is 916. The molecule has 2 aromatic carbocycles. The molecule has 0 aliphatic carbocycles. The number of halogens is 6. The number of hydrogen-bond donors (Lipinski definition) is 2. The summed E-state index contributed by atoms with van der Waals surface area (Å²) in [6.45, 7) is -0.558. The van der Waals surface area contributed by atoms with Crippen molar-refractivity contribution >= 4 is 35.0 Å². The van der Waals surface area contributed by atoms with Crippen molar-refractivity contribution in [1.29, 1.82) is 0 Å². The van der Waals surface area contributed by atoms with E-state index < -0.39 is 34.8 Å². The highest BCUT2D eigenvalue weighted by molar-refractivity contribution is 6.28. The van der Waals surface area contributed by atoms with Crippen LogP contribution in [0, 0.1) is 0 Å². The molecular formula is C22H18Cl2F4N2O2. The zero-order chi connectivity index (χ0) is 23.8. The van der Waals surface area contributed by atoms with Gasteiger partial charge in [-0.25, -0.2) is 0 Å². The summed E-state index contributed by atoms with van der Waals surface area (Å²) < 4.78 is 58.9. The van der Waals surface area contributed by atoms with Crippen LogP contribution in [0.4, 0.5) is 17.6 Å². The number of hydrogen-bond acceptors (Lipinski definition) is 2. The Morgan fingerprint density at radius 2 is 1.00 bits per heavy atom. The smallest absolute Gasteiger partial charge is 0.346 e. The summed E-state index contributed by atoms with van der Waals surface area (Å²) in [7, 11) is 0. The van der Waals surface area contributed by atoms with Gasteiger partial charge in [-0.15, -0.1) is 0 Å². The van der Waals surface area contributed by atoms with Crippen LogP contribution in [0.25, 0.3) is 0 Å². The molecule has 0 atom stereocenters. The van der Waals surface area contributed by atoms with Crippen molar-refractivity contribution in [3.8, 4) is 0 Å². The molecule has 0 aliphatic heterocycles. The molecule has 0 saturated carbocycles. The standard InChI is InChI=1S/C22H18Cl2F4N2O2/c23-11-17(21(25,26)19(31)29-13-15-7-3-1-4-8-15)18(12-24)22(27,28)20(32)30-14-16-9-5-2-6-10-16/h1-12H,13-14H2,(H,29,31)(H,30,32)/b17-11-,18-12-. The molecule has 0 radical (unpaired) electrons. The van der Waals surface area contributed by atoms with Crippen molar-refractivity contribution in [3.63, 3.8) is 0 Å². The van der Waals surface area contributed by atoms with Crippen LogP contribution in [-0.2, 0) is 22.7 Å². The lowest BCUT2D eigenvalue weighted by molar-refractivity contribution is -0.144. The van der Waals surface area contributed by atoms with E-state index in [-0.39, 0.29) is 24.2 Å². The average Bonchev–Trinajstić information content (AvgIpc) is 2.80. The van der Waals surface area contributed by atoms with E-state index in [4.69, 9.17) is 23.2 Å². The van der Waals surface area contributed by atoms with Crippen LogP contribution in [0.5, 0.6) is 0 Å². The minimum absolute atomic E-state index is 0.106. The zero-order valence-electron chi connectivity index (χ0n) is 16.4. The second-order valence-electron chi connectivity index (χ2n) is 6.53. The van der Waals surface area contributed by atoms with E-state index in [2.05, 4.69) is 0 Å². The number of amides is 2. The molecule has 10 heteroatoms. The van der Waals surface area contributed by atoms with Gasteiger partial charge >= 0.3 is 11.8 Å². The lowest BCUT2D eigenvalue weighted by Crippen LogP contribution is -2.47. The molecule has 0 fully saturated rings. The Hall–Kier alpha value is -2.84. The quantitative estimate of drug-likeness (QED) is 0.379. The van der Waals surface area contributed by atoms with E-state index in [1.54, 1.807) is 60.7 Å². The Morgan fingerprint density at radius 1 is 0.688 bits per heavy atom. The Balaban J connectivity index is 2.17. The molecule has 0 aromatic heterocycles. The third-order valence-electron chi connectivity index (χ3n) is 4.35. The second-order valence-corrected chi connectivity index (χ2v) is 6.97. The van der Waals surface area contributed by atoms with Crippen LogP contribution in [0.2, 0.25) is 0 Å². The van der Waals surface area contributed by atoms with E-state index in [0.717, 1.165) is 0 Å². The van der Waals surface area contributed by atoms with Gasteiger partial charge in [0, 0.05) is 24.2 Å². The molecule has 0 aliphatic rings. The third kappa shape index (κ3) is 6.11. The van der Waals surface area contributed by atoms with Gasteiger partial charge in [0.2, 0.25) is 0 Å². The van der Waals surface area contributed by atoms with Gasteiger partial charge in [0.15, 0.2) is 0 Å². The molecule has 2 aromatic rings. The summed E-state index contributed by atoms with van der Waals surface area (Å²) in [6, 6.07) is 16.2. The van der Waals surface area contributed by atoms with Crippen molar-refractivity contribution in [3.05, 3.63) is 94.0 Å². The summed E-state index contributed by atoms with van der Waals surface area (Å²) in [5, 5.41) is 3.91. The molecule has 0 bridgehead atoms. The van der Waals surface area contributed by atoms with Crippen molar-refractivity contribution in [2.75, 3.05) is 0 Å². The summed E-state index contributed by atoms with van der Waals surface area (Å²) in [6.07, 6.45) is 0. The van der Waals surface area contributed by atoms with Crippen LogP contribution in [0.1, 0.15) is 11.1 Å². The SMILES string of the molecule is O=C(NCc1ccccc1)C(F)(F)C(=C\Cl)/C(=C/Cl)C(F)(F)C(=O)NCc1ccccc1. The number of rotatable bonds is 9. The molecule has 2 rings (SSSR count). The normalized spacial score (nSPS) is 12.9. The van der Waals surface area contributed by atoms with E-state index in [1.807, 2.05) is 10.6 Å². The predicted molar refractivity (Wildman–Crippen MR) is 114 cm³/mol. The van der Waals surface area contributed by atoms with Crippen LogP contribution in [0.15, 0.2) is 82.9 Å². The number of carbonyl (C=O) groups excluding carboxylic acids is 2. The topological polar surface area (TPSA) is 58.2 Å². The fourth-order valence-corrected chi connectivity index (χ4v) is 3.13. The molecule has 0 saturated heterocycles. The highest BCUT2D eigenvalue weighted by Crippen LogP contribution is 2.39. The molecule has 170 valence electrons. The lowest BCUT2D eigenvalue weighted by atomic mass is 9.96. The van der Waals surface area contributed by atoms with Gasteiger partial charge in [-0.2, -0.15) is 17.6 Å². The first kappa shape index (κ1) is 25.4. The molecular weight excluding hydrogens is 471 g/mol. The fraction of sp³-hybridized carbons (Fsp3) is 0.182. The maximum absolute atomic E-state index is 14.7. The largest absolute Gasteiger partial charge is 0.351 e. The number of benzene rings is 2. The monoisotopic (exact) mass is 488 g/mol. The van der Waals surface area contributed by atoms with Crippen LogP contribution in [0.3, 0.4) is 0 Å². The highest BCUT2D eigenvalue weighted by atomic mass is 35.5. The summed E-state index contributed by atoms with van der Waals surface area (Å²) >= 11 is 10.8. The van der Waals surface area contributed by atoms with E-state index in [0.29, 0.717) is 11.1 Å². The van der Waals surface area contributed by atoms with Gasteiger partial charge in [-0.3, -0.25) is 9.59 Å². The summed E-state index contributed by atoms with van der Waals surface area (Å²) in [5.41, 5.74) is -1.97. The first-order valence-corrected chi connectivity index (χ1v) is 10.0. The molecule has 32 heavy (non-hydrogen) atoms. The van der Waals surface area contributed by atoms with Gasteiger partial charge in [0.25, 0.3) is 11.8 Å². The van der Waals surface area contributed by atoms with Crippen molar-refractivity contribution in [2.24, 2.45) is 0 Å². The maximum atomic E-state index is 14.7. The van der Waals surface area contributed by atoms with E-state index in [1.165, 1.54) is 0 Å². The Labute approximate surface area is 191 Å². The Kier molecular flexibility index (Phi) is 8.86. The molecule has 2 amide bonds. The molecule has 4 nitrogen and oxygen atoms in total. The minimum atomic E-state index is -4.50. The molecule has 0 heterocycles. The van der Waals surface area contributed by atoms with Crippen LogP contribution in [-0.4, -0.2) is 23.7 Å². The predicted octanol–water partition coefficient (Wildman–Crippen LogP) is 5.14. The molecule has 0 spiro atoms. The minimum Gasteiger partial charge on any atom is -0.346 e. The number of alkyl halides is 4. The summed E-state index contributed by atoms with van der Waals surface area (Å²) in [4.78, 5) is 24.2. The first-order valence-electron chi connectivity index (χ1n) is 9.16. The third-order valence-corrected chi connectivity index (χ3v) is 4.78. The van der Waals surface area contributed by atoms with Crippen molar-refractivity contribution < 1.29 is 27.2 Å². The lowest BCUT2D eigenvalue weighted by Gasteiger charge is -2.25. The van der Waals surface area contributed by atoms with E-state index >= 15 is 0 Å². The first-order chi connectivity index (χ1) is 15.1. The number of nitrogens with one attached hydrogen (secondary N) is 2. The fourth-order valence-electron chi connectivity index (χ4n) is 2.62. The van der Waals surface area contributed by atoms with Gasteiger partial charge in [0.05, 0.1) is 11.1 Å². The maximum Gasteiger partial charge on any atom is 0.351 e. The van der Waals surface area contributed by atoms with Gasteiger partial charge in [-0.05, 0) is 11.1 Å². The van der Waals surface area contributed by atoms with Crippen molar-refractivity contribution in [2.45, 2.75) is 24.9 Å². The van der Waals surface area contributed by atoms with Crippen molar-refractivity contribution in [1.82, 2.24) is 10.6 Å². The van der Waals surface area contributed by atoms with Crippen LogP contribution < -0.4 is 10.6 Å². The van der Waals surface area contributed by atoms with Gasteiger partial charge < -0.3 is 10.6 Å². The summed E-state index contributed by atoms with van der Waals surface area (Å²) in [5.74, 6) is -12.8. The Morgan fingerprint density at radius 3 is 1.28 bits per heavy atom. The van der Waals surface area contributed by atoms with Gasteiger partial charge in [0.1, 0.15) is 0 Å². The average molecular weight is 489 g/mol. The highest BCUT2D eigenvalue weighted by Gasteiger charge is 2.53. The zero-order valence-corrected chi connectivity index (χ0v) is 17.9. The van der Waals surface area contributed by atoms with E-state index in [9.17, 15) is 27.2 Å². The molecule has 2 N–H and O–H groups in total. The van der Waals surface area contributed by atoms with Gasteiger partial charge in [-0.1, -0.05) is 83.9 Å². The molecule has 0 unspecified atom stereocenters.